The molecule has 1 N–H and O–H groups in total. The molecule has 1 unspecified atom stereocenters. The van der Waals surface area contributed by atoms with Gasteiger partial charge in [0.2, 0.25) is 0 Å². The van der Waals surface area contributed by atoms with Gasteiger partial charge in [-0.1, -0.05) is 33.8 Å². The molecule has 0 bridgehead atoms. The zero-order valence-corrected chi connectivity index (χ0v) is 14.3. The molecule has 1 aromatic heterocycles. The van der Waals surface area contributed by atoms with E-state index in [0.717, 1.165) is 25.3 Å². The average Bonchev–Trinajstić information content (AvgIpc) is 2.49. The number of aryl methyl sites for hydroxylation is 1. The van der Waals surface area contributed by atoms with Gasteiger partial charge in [0.1, 0.15) is 0 Å². The molecule has 0 saturated carbocycles. The summed E-state index contributed by atoms with van der Waals surface area (Å²) in [7, 11) is 0. The number of nitrogens with zero attached hydrogens (tertiary/aromatic N) is 2. The fraction of sp³-hybridized carbons (Fsp3) is 0.722. The van der Waals surface area contributed by atoms with Crippen LogP contribution in [-0.4, -0.2) is 34.6 Å². The second-order valence-corrected chi connectivity index (χ2v) is 6.89. The lowest BCUT2D eigenvalue weighted by atomic mass is 9.86. The van der Waals surface area contributed by atoms with E-state index in [4.69, 9.17) is 0 Å². The van der Waals surface area contributed by atoms with Gasteiger partial charge in [-0.2, -0.15) is 0 Å². The van der Waals surface area contributed by atoms with Crippen LogP contribution in [-0.2, 0) is 6.54 Å². The van der Waals surface area contributed by atoms with Crippen molar-refractivity contribution < 1.29 is 0 Å². The van der Waals surface area contributed by atoms with E-state index in [0.29, 0.717) is 12.0 Å². The molecule has 3 heteroatoms. The molecular weight excluding hydrogens is 258 g/mol. The third-order valence-electron chi connectivity index (χ3n) is 5.14. The van der Waals surface area contributed by atoms with Crippen molar-refractivity contribution in [3.05, 3.63) is 29.6 Å². The van der Waals surface area contributed by atoms with Crippen molar-refractivity contribution in [3.63, 3.8) is 0 Å². The van der Waals surface area contributed by atoms with Crippen LogP contribution in [0.4, 0.5) is 0 Å². The molecule has 0 radical (unpaired) electrons. The quantitative estimate of drug-likeness (QED) is 0.900. The molecule has 118 valence electrons. The average molecular weight is 289 g/mol. The molecule has 1 aliphatic heterocycles. The van der Waals surface area contributed by atoms with Gasteiger partial charge in [-0.15, -0.1) is 0 Å². The minimum Gasteiger partial charge on any atom is -0.308 e. The van der Waals surface area contributed by atoms with Gasteiger partial charge in [0.05, 0.1) is 0 Å². The minimum atomic E-state index is 0.281. The third-order valence-corrected chi connectivity index (χ3v) is 5.14. The van der Waals surface area contributed by atoms with Crippen molar-refractivity contribution in [1.82, 2.24) is 15.2 Å². The van der Waals surface area contributed by atoms with Crippen molar-refractivity contribution in [2.75, 3.05) is 13.1 Å². The van der Waals surface area contributed by atoms with Crippen LogP contribution in [0.15, 0.2) is 18.3 Å². The van der Waals surface area contributed by atoms with Crippen molar-refractivity contribution >= 4 is 0 Å². The van der Waals surface area contributed by atoms with Crippen LogP contribution in [0.2, 0.25) is 0 Å². The predicted octanol–water partition coefficient (Wildman–Crippen LogP) is 3.38. The number of hydrogen-bond donors (Lipinski definition) is 1. The summed E-state index contributed by atoms with van der Waals surface area (Å²) in [5.41, 5.74) is 2.70. The summed E-state index contributed by atoms with van der Waals surface area (Å²) in [6.07, 6.45) is 4.42. The highest BCUT2D eigenvalue weighted by Gasteiger charge is 2.37. The van der Waals surface area contributed by atoms with Gasteiger partial charge in [-0.05, 0) is 37.3 Å². The fourth-order valence-electron chi connectivity index (χ4n) is 3.39. The van der Waals surface area contributed by atoms with Gasteiger partial charge in [0, 0.05) is 43.1 Å². The molecule has 0 aromatic carbocycles. The second kappa shape index (κ2) is 6.89. The molecule has 3 nitrogen and oxygen atoms in total. The Morgan fingerprint density at radius 2 is 2.05 bits per heavy atom. The molecular formula is C18H31N3. The summed E-state index contributed by atoms with van der Waals surface area (Å²) in [4.78, 5) is 7.12. The molecule has 2 heterocycles. The first-order valence-electron chi connectivity index (χ1n) is 8.40. The van der Waals surface area contributed by atoms with E-state index >= 15 is 0 Å². The maximum Gasteiger partial charge on any atom is 0.0372 e. The number of rotatable bonds is 5. The van der Waals surface area contributed by atoms with E-state index in [1.165, 1.54) is 18.4 Å². The lowest BCUT2D eigenvalue weighted by Crippen LogP contribution is -2.64. The second-order valence-electron chi connectivity index (χ2n) is 6.89. The molecule has 1 atom stereocenters. The largest absolute Gasteiger partial charge is 0.308 e. The van der Waals surface area contributed by atoms with Gasteiger partial charge in [0.15, 0.2) is 0 Å². The van der Waals surface area contributed by atoms with E-state index in [2.05, 4.69) is 55.0 Å². The van der Waals surface area contributed by atoms with Crippen LogP contribution in [0.5, 0.6) is 0 Å². The smallest absolute Gasteiger partial charge is 0.0372 e. The predicted molar refractivity (Wildman–Crippen MR) is 89.3 cm³/mol. The van der Waals surface area contributed by atoms with E-state index in [1.807, 2.05) is 13.1 Å². The Hall–Kier alpha value is -0.930. The molecule has 21 heavy (non-hydrogen) atoms. The minimum absolute atomic E-state index is 0.281. The molecule has 1 fully saturated rings. The number of piperazine rings is 1. The summed E-state index contributed by atoms with van der Waals surface area (Å²) in [6, 6.07) is 4.95. The maximum absolute atomic E-state index is 4.45. The molecule has 0 aliphatic carbocycles. The van der Waals surface area contributed by atoms with Crippen molar-refractivity contribution in [3.8, 4) is 0 Å². The molecule has 1 saturated heterocycles. The van der Waals surface area contributed by atoms with E-state index in [-0.39, 0.29) is 5.54 Å². The van der Waals surface area contributed by atoms with Crippen LogP contribution >= 0.6 is 0 Å². The zero-order chi connectivity index (χ0) is 15.5. The van der Waals surface area contributed by atoms with E-state index in [1.54, 1.807) is 0 Å². The first-order valence-corrected chi connectivity index (χ1v) is 8.40. The Labute approximate surface area is 130 Å². The van der Waals surface area contributed by atoms with Gasteiger partial charge < -0.3 is 5.32 Å². The zero-order valence-electron chi connectivity index (χ0n) is 14.3. The topological polar surface area (TPSA) is 28.2 Å². The Bertz CT molecular complexity index is 434. The normalized spacial score (nSPS) is 22.7. The molecule has 1 aromatic rings. The first kappa shape index (κ1) is 16.4. The molecule has 2 rings (SSSR count). The molecule has 0 spiro atoms. The number of hydrogen-bond acceptors (Lipinski definition) is 3. The fourth-order valence-corrected chi connectivity index (χ4v) is 3.39. The third kappa shape index (κ3) is 3.83. The lowest BCUT2D eigenvalue weighted by Gasteiger charge is -2.49. The monoisotopic (exact) mass is 289 g/mol. The Morgan fingerprint density at radius 1 is 1.33 bits per heavy atom. The van der Waals surface area contributed by atoms with Gasteiger partial charge in [-0.3, -0.25) is 9.88 Å². The van der Waals surface area contributed by atoms with Crippen LogP contribution < -0.4 is 5.32 Å². The highest BCUT2D eigenvalue weighted by Crippen LogP contribution is 2.27. The van der Waals surface area contributed by atoms with Gasteiger partial charge in [0.25, 0.3) is 0 Å². The first-order chi connectivity index (χ1) is 9.99. The summed E-state index contributed by atoms with van der Waals surface area (Å²) < 4.78 is 0. The lowest BCUT2D eigenvalue weighted by molar-refractivity contribution is 0.0442. The SMILES string of the molecule is CCC1(CC)CN(Cc2ccc(C)nc2)C(C(C)C)CN1. The summed E-state index contributed by atoms with van der Waals surface area (Å²) in [5, 5.41) is 3.83. The number of pyridine rings is 1. The summed E-state index contributed by atoms with van der Waals surface area (Å²) in [5.74, 6) is 0.669. The Kier molecular flexibility index (Phi) is 5.39. The van der Waals surface area contributed by atoms with Crippen molar-refractivity contribution in [2.45, 2.75) is 65.6 Å². The summed E-state index contributed by atoms with van der Waals surface area (Å²) in [6.45, 7) is 14.6. The van der Waals surface area contributed by atoms with E-state index < -0.39 is 0 Å². The standard InChI is InChI=1S/C18H31N3/c1-6-18(7-2)13-21(17(11-20-18)14(3)4)12-16-9-8-15(5)19-10-16/h8-10,14,17,20H,6-7,11-13H2,1-5H3. The van der Waals surface area contributed by atoms with E-state index in [9.17, 15) is 0 Å². The number of aromatic nitrogens is 1. The Morgan fingerprint density at radius 3 is 2.57 bits per heavy atom. The molecule has 1 aliphatic rings. The van der Waals surface area contributed by atoms with Crippen LogP contribution in [0.25, 0.3) is 0 Å². The summed E-state index contributed by atoms with van der Waals surface area (Å²) >= 11 is 0. The van der Waals surface area contributed by atoms with Crippen LogP contribution in [0.3, 0.4) is 0 Å². The van der Waals surface area contributed by atoms with Crippen LogP contribution in [0, 0.1) is 12.8 Å². The van der Waals surface area contributed by atoms with Crippen molar-refractivity contribution in [2.24, 2.45) is 5.92 Å². The Balaban J connectivity index is 2.15. The number of nitrogens with one attached hydrogen (secondary N) is 1. The van der Waals surface area contributed by atoms with Crippen LogP contribution in [0.1, 0.15) is 51.8 Å². The van der Waals surface area contributed by atoms with Crippen molar-refractivity contribution in [1.29, 1.82) is 0 Å². The van der Waals surface area contributed by atoms with Gasteiger partial charge >= 0.3 is 0 Å². The highest BCUT2D eigenvalue weighted by molar-refractivity contribution is 5.14. The molecule has 0 amide bonds. The van der Waals surface area contributed by atoms with Gasteiger partial charge in [-0.25, -0.2) is 0 Å². The maximum atomic E-state index is 4.45. The highest BCUT2D eigenvalue weighted by atomic mass is 15.3.